The van der Waals surface area contributed by atoms with Crippen LogP contribution in [0.25, 0.3) is 71.2 Å². The van der Waals surface area contributed by atoms with Crippen molar-refractivity contribution in [1.82, 2.24) is 25.1 Å². The van der Waals surface area contributed by atoms with Gasteiger partial charge in [-0.15, -0.1) is 0 Å². The second-order valence-electron chi connectivity index (χ2n) is 13.5. The number of hydrogen-bond donors (Lipinski definition) is 3. The Bertz CT molecular complexity index is 2860. The van der Waals surface area contributed by atoms with Crippen molar-refractivity contribution in [2.75, 3.05) is 0 Å². The van der Waals surface area contributed by atoms with Crippen molar-refractivity contribution in [1.29, 1.82) is 0 Å². The van der Waals surface area contributed by atoms with Crippen molar-refractivity contribution in [2.24, 2.45) is 0 Å². The fourth-order valence-electron chi connectivity index (χ4n) is 8.36. The average molecular weight is 660 g/mol. The summed E-state index contributed by atoms with van der Waals surface area (Å²) in [4.78, 5) is 0. The highest BCUT2D eigenvalue weighted by Gasteiger charge is 2.32. The highest BCUT2D eigenvalue weighted by molar-refractivity contribution is 6.26. The van der Waals surface area contributed by atoms with Gasteiger partial charge in [0.2, 0.25) is 0 Å². The second-order valence-corrected chi connectivity index (χ2v) is 13.5. The average Bonchev–Trinajstić information content (AvgIpc) is 3.85. The molecule has 11 rings (SSSR count). The molecule has 0 radical (unpaired) electrons. The molecule has 4 heterocycles. The van der Waals surface area contributed by atoms with Crippen LogP contribution in [-0.4, -0.2) is 9.13 Å². The summed E-state index contributed by atoms with van der Waals surface area (Å²) < 4.78 is 11.6. The largest absolute Gasteiger partial charge is 0.455 e. The number of aromatic nitrogens is 2. The fourth-order valence-corrected chi connectivity index (χ4v) is 8.36. The molecule has 1 fully saturated rings. The number of nitrogens with one attached hydrogen (secondary N) is 3. The maximum absolute atomic E-state index is 6.76. The van der Waals surface area contributed by atoms with Gasteiger partial charge in [-0.1, -0.05) is 115 Å². The van der Waals surface area contributed by atoms with Crippen LogP contribution >= 0.6 is 0 Å². The first-order valence-electron chi connectivity index (χ1n) is 17.5. The molecule has 2 atom stereocenters. The summed E-state index contributed by atoms with van der Waals surface area (Å²) in [7, 11) is 0. The van der Waals surface area contributed by atoms with E-state index >= 15 is 0 Å². The lowest BCUT2D eigenvalue weighted by molar-refractivity contribution is 0.161. The van der Waals surface area contributed by atoms with E-state index in [0.29, 0.717) is 0 Å². The van der Waals surface area contributed by atoms with Gasteiger partial charge in [-0.3, -0.25) is 16.0 Å². The molecule has 0 saturated carbocycles. The van der Waals surface area contributed by atoms with E-state index in [2.05, 4.69) is 183 Å². The molecule has 3 aromatic heterocycles. The van der Waals surface area contributed by atoms with Crippen molar-refractivity contribution in [3.05, 3.63) is 175 Å². The van der Waals surface area contributed by atoms with Crippen molar-refractivity contribution >= 4 is 65.6 Å². The third-order valence-electron chi connectivity index (χ3n) is 10.6. The van der Waals surface area contributed by atoms with E-state index in [1.54, 1.807) is 0 Å². The van der Waals surface area contributed by atoms with Crippen LogP contribution in [0.1, 0.15) is 29.7 Å². The Balaban J connectivity index is 1.24. The van der Waals surface area contributed by atoms with Gasteiger partial charge in [0.25, 0.3) is 0 Å². The molecular formula is C45H33N5O. The second kappa shape index (κ2) is 11.2. The molecule has 2 unspecified atom stereocenters. The lowest BCUT2D eigenvalue weighted by atomic mass is 10.1. The first kappa shape index (κ1) is 28.6. The molecule has 6 nitrogen and oxygen atoms in total. The summed E-state index contributed by atoms with van der Waals surface area (Å²) in [6.07, 6.45) is -0.482. The third-order valence-corrected chi connectivity index (χ3v) is 10.6. The van der Waals surface area contributed by atoms with Gasteiger partial charge in [0.15, 0.2) is 0 Å². The summed E-state index contributed by atoms with van der Waals surface area (Å²) in [5.41, 5.74) is 9.87. The summed E-state index contributed by atoms with van der Waals surface area (Å²) >= 11 is 0. The van der Waals surface area contributed by atoms with E-state index in [1.807, 2.05) is 6.07 Å². The van der Waals surface area contributed by atoms with Gasteiger partial charge in [0.1, 0.15) is 17.5 Å². The van der Waals surface area contributed by atoms with E-state index < -0.39 is 0 Å². The van der Waals surface area contributed by atoms with Crippen LogP contribution in [0.15, 0.2) is 168 Å². The van der Waals surface area contributed by atoms with Crippen LogP contribution < -0.4 is 16.0 Å². The molecule has 1 saturated heterocycles. The van der Waals surface area contributed by atoms with Gasteiger partial charge in [-0.25, -0.2) is 0 Å². The molecule has 6 heteroatoms. The van der Waals surface area contributed by atoms with Crippen LogP contribution in [0.4, 0.5) is 0 Å². The lowest BCUT2D eigenvalue weighted by Crippen LogP contribution is -2.56. The number of benzene rings is 7. The van der Waals surface area contributed by atoms with Crippen molar-refractivity contribution in [3.8, 4) is 5.69 Å². The fraction of sp³-hybridized carbons (Fsp3) is 0.0667. The third kappa shape index (κ3) is 4.34. The quantitative estimate of drug-likeness (QED) is 0.176. The minimum Gasteiger partial charge on any atom is -0.455 e. The molecule has 7 aromatic carbocycles. The first-order valence-corrected chi connectivity index (χ1v) is 17.5. The minimum atomic E-state index is -0.268. The number of furan rings is 1. The highest BCUT2D eigenvalue weighted by atomic mass is 16.3. The van der Waals surface area contributed by atoms with Crippen LogP contribution in [-0.2, 0) is 0 Å². The Morgan fingerprint density at radius 2 is 1.06 bits per heavy atom. The zero-order valence-electron chi connectivity index (χ0n) is 27.6. The molecule has 1 aliphatic heterocycles. The maximum atomic E-state index is 6.76. The van der Waals surface area contributed by atoms with E-state index in [1.165, 1.54) is 27.4 Å². The number of para-hydroxylation sites is 3. The normalized spacial score (nSPS) is 18.2. The Labute approximate surface area is 293 Å². The number of rotatable bonds is 4. The Kier molecular flexibility index (Phi) is 6.27. The van der Waals surface area contributed by atoms with E-state index in [9.17, 15) is 0 Å². The topological polar surface area (TPSA) is 59.1 Å². The van der Waals surface area contributed by atoms with Gasteiger partial charge >= 0.3 is 0 Å². The Morgan fingerprint density at radius 3 is 1.78 bits per heavy atom. The molecule has 0 amide bonds. The summed E-state index contributed by atoms with van der Waals surface area (Å²) in [6, 6.07) is 58.3. The molecule has 0 aliphatic carbocycles. The maximum Gasteiger partial charge on any atom is 0.145 e. The number of nitrogens with zero attached hydrogens (tertiary/aromatic N) is 2. The molecule has 1 aliphatic rings. The predicted octanol–water partition coefficient (Wildman–Crippen LogP) is 10.4. The minimum absolute atomic E-state index is 0.107. The molecule has 10 aromatic rings. The van der Waals surface area contributed by atoms with Crippen molar-refractivity contribution in [3.63, 3.8) is 0 Å². The molecular weight excluding hydrogens is 627 g/mol. The van der Waals surface area contributed by atoms with E-state index in [0.717, 1.165) is 54.9 Å². The van der Waals surface area contributed by atoms with Gasteiger partial charge in [0, 0.05) is 32.6 Å². The monoisotopic (exact) mass is 659 g/mol. The van der Waals surface area contributed by atoms with Crippen LogP contribution in [0.3, 0.4) is 0 Å². The molecule has 3 N–H and O–H groups in total. The molecule has 0 spiro atoms. The standard InChI is InChI=1S/C45H33N5O/c1-4-14-28(15-5-1)43-46-44(29-16-6-2-7-17-29)48-45(47-43)50-37-25-24-33-32-21-11-13-23-40(32)51-42(33)41(37)35-26-34-31-20-10-12-22-36(31)49(38(34)27-39(35)50)30-18-8-3-9-19-30/h1-27,43-48H. The summed E-state index contributed by atoms with van der Waals surface area (Å²) in [5.74, 6) is 0. The van der Waals surface area contributed by atoms with Crippen LogP contribution in [0, 0.1) is 0 Å². The Morgan fingerprint density at radius 1 is 0.431 bits per heavy atom. The lowest BCUT2D eigenvalue weighted by Gasteiger charge is -2.40. The SMILES string of the molecule is c1ccc(C2NC(c3ccccc3)NC(n3c4cc5c(cc4c4c6oc7ccccc7c6ccc43)c3ccccc3n5-c3ccccc3)N2)cc1. The van der Waals surface area contributed by atoms with Crippen molar-refractivity contribution < 1.29 is 4.42 Å². The summed E-state index contributed by atoms with van der Waals surface area (Å²) in [5, 5.41) is 18.7. The smallest absolute Gasteiger partial charge is 0.145 e. The van der Waals surface area contributed by atoms with E-state index in [-0.39, 0.29) is 18.6 Å². The molecule has 244 valence electrons. The first-order chi connectivity index (χ1) is 25.3. The zero-order valence-corrected chi connectivity index (χ0v) is 27.6. The predicted molar refractivity (Wildman–Crippen MR) is 208 cm³/mol. The highest BCUT2D eigenvalue weighted by Crippen LogP contribution is 2.44. The Hall–Kier alpha value is -6.18. The van der Waals surface area contributed by atoms with Crippen molar-refractivity contribution in [2.45, 2.75) is 18.6 Å². The zero-order chi connectivity index (χ0) is 33.5. The van der Waals surface area contributed by atoms with E-state index in [4.69, 9.17) is 4.42 Å². The number of hydrogen-bond acceptors (Lipinski definition) is 4. The number of fused-ring (bicyclic) bond motifs is 10. The van der Waals surface area contributed by atoms with Gasteiger partial charge in [-0.2, -0.15) is 0 Å². The van der Waals surface area contributed by atoms with Crippen LogP contribution in [0.5, 0.6) is 0 Å². The van der Waals surface area contributed by atoms with Gasteiger partial charge < -0.3 is 13.6 Å². The van der Waals surface area contributed by atoms with Crippen LogP contribution in [0.2, 0.25) is 0 Å². The molecule has 0 bridgehead atoms. The van der Waals surface area contributed by atoms with Gasteiger partial charge in [-0.05, 0) is 59.7 Å². The summed E-state index contributed by atoms with van der Waals surface area (Å²) in [6.45, 7) is 0. The van der Waals surface area contributed by atoms with Gasteiger partial charge in [0.05, 0.1) is 39.8 Å². The molecule has 51 heavy (non-hydrogen) atoms.